The molecule has 0 unspecified atom stereocenters. The molecule has 1 N–H and O–H groups in total. The van der Waals surface area contributed by atoms with Crippen molar-refractivity contribution in [3.63, 3.8) is 0 Å². The monoisotopic (exact) mass is 595 g/mol. The first-order chi connectivity index (χ1) is 19.8. The van der Waals surface area contributed by atoms with Crippen molar-refractivity contribution in [2.24, 2.45) is 0 Å². The van der Waals surface area contributed by atoms with E-state index in [2.05, 4.69) is 39.2 Å². The highest BCUT2D eigenvalue weighted by atomic mass is 35.5. The predicted octanol–water partition coefficient (Wildman–Crippen LogP) is 4.83. The van der Waals surface area contributed by atoms with Gasteiger partial charge in [0.25, 0.3) is 0 Å². The lowest BCUT2D eigenvalue weighted by molar-refractivity contribution is 0.221. The molecule has 1 aromatic heterocycles. The average molecular weight is 596 g/mol. The number of nitrogens with zero attached hydrogens (tertiary/aromatic N) is 4. The van der Waals surface area contributed by atoms with Crippen LogP contribution in [0.15, 0.2) is 36.4 Å². The minimum Gasteiger partial charge on any atom is -0.312 e. The molecule has 6 rings (SSSR count). The summed E-state index contributed by atoms with van der Waals surface area (Å²) in [6.45, 7) is 7.20. The van der Waals surface area contributed by atoms with Crippen molar-refractivity contribution in [3.8, 4) is 11.3 Å². The van der Waals surface area contributed by atoms with Gasteiger partial charge >= 0.3 is 0 Å². The maximum atomic E-state index is 12.5. The summed E-state index contributed by atoms with van der Waals surface area (Å²) in [7, 11) is -3.29. The topological polar surface area (TPSA) is 70.5 Å². The van der Waals surface area contributed by atoms with Crippen molar-refractivity contribution < 1.29 is 8.42 Å². The molecule has 3 aromatic rings. The SMILES string of the molecule is CS(=O)(=O)N1CCc2c(c(-c3ccc(Cl)c(CCc4ccc5c(c4)CNCC5)c3)nn2CCCN2CCCCC2)C1. The Morgan fingerprint density at radius 3 is 2.63 bits per heavy atom. The van der Waals surface area contributed by atoms with E-state index in [4.69, 9.17) is 16.7 Å². The third kappa shape index (κ3) is 6.73. The van der Waals surface area contributed by atoms with Gasteiger partial charge in [-0.3, -0.25) is 4.68 Å². The molecule has 1 fully saturated rings. The molecule has 41 heavy (non-hydrogen) atoms. The van der Waals surface area contributed by atoms with Gasteiger partial charge in [0.15, 0.2) is 0 Å². The number of aromatic nitrogens is 2. The summed E-state index contributed by atoms with van der Waals surface area (Å²) in [5.41, 5.74) is 9.41. The zero-order valence-corrected chi connectivity index (χ0v) is 25.7. The van der Waals surface area contributed by atoms with Gasteiger partial charge in [0.05, 0.1) is 11.9 Å². The average Bonchev–Trinajstić information content (AvgIpc) is 3.34. The van der Waals surface area contributed by atoms with E-state index in [9.17, 15) is 8.42 Å². The summed E-state index contributed by atoms with van der Waals surface area (Å²) < 4.78 is 28.7. The van der Waals surface area contributed by atoms with E-state index in [1.165, 1.54) is 61.0 Å². The fourth-order valence-corrected chi connectivity index (χ4v) is 7.67. The van der Waals surface area contributed by atoms with Crippen molar-refractivity contribution in [3.05, 3.63) is 74.9 Å². The first kappa shape index (κ1) is 28.9. The number of halogens is 1. The number of aryl methyl sites for hydroxylation is 3. The highest BCUT2D eigenvalue weighted by Gasteiger charge is 2.30. The first-order valence-electron chi connectivity index (χ1n) is 15.2. The molecule has 0 atom stereocenters. The summed E-state index contributed by atoms with van der Waals surface area (Å²) in [5, 5.41) is 9.36. The number of benzene rings is 2. The van der Waals surface area contributed by atoms with Gasteiger partial charge in [0, 0.05) is 54.4 Å². The highest BCUT2D eigenvalue weighted by Crippen LogP contribution is 2.33. The Bertz CT molecular complexity index is 1500. The maximum Gasteiger partial charge on any atom is 0.211 e. The van der Waals surface area contributed by atoms with Crippen LogP contribution in [0.2, 0.25) is 5.02 Å². The fourth-order valence-electron chi connectivity index (χ4n) is 6.68. The molecule has 0 saturated carbocycles. The third-order valence-electron chi connectivity index (χ3n) is 9.02. The fraction of sp³-hybridized carbons (Fsp3) is 0.531. The van der Waals surface area contributed by atoms with Crippen LogP contribution in [-0.2, 0) is 55.3 Å². The van der Waals surface area contributed by atoms with Crippen molar-refractivity contribution in [2.75, 3.05) is 39.0 Å². The van der Waals surface area contributed by atoms with Crippen LogP contribution in [0.4, 0.5) is 0 Å². The Morgan fingerprint density at radius 2 is 1.80 bits per heavy atom. The lowest BCUT2D eigenvalue weighted by atomic mass is 9.95. The molecule has 2 aromatic carbocycles. The van der Waals surface area contributed by atoms with Crippen molar-refractivity contribution in [1.82, 2.24) is 24.3 Å². The molecule has 3 aliphatic heterocycles. The van der Waals surface area contributed by atoms with E-state index in [1.807, 2.05) is 12.1 Å². The van der Waals surface area contributed by atoms with Crippen LogP contribution < -0.4 is 5.32 Å². The van der Waals surface area contributed by atoms with E-state index >= 15 is 0 Å². The standard InChI is InChI=1S/C32H42ClN5O2S/c1-41(39,40)37-19-13-31-29(23-37)32(35-38(31)18-5-17-36-15-3-2-4-16-36)27-10-11-30(33)26(21-27)9-7-24-6-8-25-12-14-34-22-28(25)20-24/h6,8,10-11,20-21,34H,2-5,7,9,12-19,22-23H2,1H3. The van der Waals surface area contributed by atoms with Gasteiger partial charge in [0.2, 0.25) is 10.0 Å². The van der Waals surface area contributed by atoms with Gasteiger partial charge in [-0.05, 0) is 99.1 Å². The molecule has 9 heteroatoms. The predicted molar refractivity (Wildman–Crippen MR) is 166 cm³/mol. The normalized spacial score (nSPS) is 18.3. The van der Waals surface area contributed by atoms with E-state index in [0.717, 1.165) is 79.3 Å². The molecule has 7 nitrogen and oxygen atoms in total. The summed E-state index contributed by atoms with van der Waals surface area (Å²) in [4.78, 5) is 2.57. The van der Waals surface area contributed by atoms with Gasteiger partial charge in [-0.2, -0.15) is 9.40 Å². The largest absolute Gasteiger partial charge is 0.312 e. The van der Waals surface area contributed by atoms with Gasteiger partial charge < -0.3 is 10.2 Å². The Kier molecular flexibility index (Phi) is 8.84. The van der Waals surface area contributed by atoms with Crippen LogP contribution in [0.3, 0.4) is 0 Å². The number of sulfonamides is 1. The van der Waals surface area contributed by atoms with E-state index in [-0.39, 0.29) is 0 Å². The molecule has 0 spiro atoms. The highest BCUT2D eigenvalue weighted by molar-refractivity contribution is 7.88. The lowest BCUT2D eigenvalue weighted by Gasteiger charge is -2.27. The quantitative estimate of drug-likeness (QED) is 0.384. The Hall–Kier alpha value is -2.23. The Labute approximate surface area is 249 Å². The number of hydrogen-bond donors (Lipinski definition) is 1. The summed E-state index contributed by atoms with van der Waals surface area (Å²) in [6.07, 6.45) is 9.83. The van der Waals surface area contributed by atoms with Crippen LogP contribution in [-0.4, -0.2) is 66.4 Å². The second-order valence-corrected chi connectivity index (χ2v) is 14.3. The minimum absolute atomic E-state index is 0.372. The van der Waals surface area contributed by atoms with Crippen LogP contribution >= 0.6 is 11.6 Å². The van der Waals surface area contributed by atoms with Gasteiger partial charge in [-0.15, -0.1) is 0 Å². The Balaban J connectivity index is 1.24. The molecule has 3 aliphatic rings. The molecule has 0 radical (unpaired) electrons. The van der Waals surface area contributed by atoms with Crippen LogP contribution in [0.5, 0.6) is 0 Å². The number of rotatable bonds is 9. The van der Waals surface area contributed by atoms with Crippen molar-refractivity contribution in [2.45, 2.75) is 71.0 Å². The lowest BCUT2D eigenvalue weighted by Crippen LogP contribution is -2.35. The second kappa shape index (κ2) is 12.6. The van der Waals surface area contributed by atoms with Crippen molar-refractivity contribution in [1.29, 1.82) is 0 Å². The van der Waals surface area contributed by atoms with Crippen LogP contribution in [0, 0.1) is 0 Å². The van der Waals surface area contributed by atoms with E-state index in [1.54, 1.807) is 4.31 Å². The molecule has 0 bridgehead atoms. The van der Waals surface area contributed by atoms with Gasteiger partial charge in [0.1, 0.15) is 0 Å². The summed E-state index contributed by atoms with van der Waals surface area (Å²) in [6, 6.07) is 13.0. The number of fused-ring (bicyclic) bond motifs is 2. The van der Waals surface area contributed by atoms with Crippen LogP contribution in [0.25, 0.3) is 11.3 Å². The van der Waals surface area contributed by atoms with E-state index < -0.39 is 10.0 Å². The smallest absolute Gasteiger partial charge is 0.211 e. The molecule has 1 saturated heterocycles. The van der Waals surface area contributed by atoms with Gasteiger partial charge in [-0.1, -0.05) is 42.3 Å². The van der Waals surface area contributed by atoms with Crippen LogP contribution in [0.1, 0.15) is 59.2 Å². The molecular weight excluding hydrogens is 554 g/mol. The first-order valence-corrected chi connectivity index (χ1v) is 17.4. The number of piperidine rings is 1. The molecule has 0 amide bonds. The number of hydrogen-bond acceptors (Lipinski definition) is 5. The summed E-state index contributed by atoms with van der Waals surface area (Å²) >= 11 is 6.71. The minimum atomic E-state index is -3.29. The molecule has 4 heterocycles. The summed E-state index contributed by atoms with van der Waals surface area (Å²) in [5.74, 6) is 0. The second-order valence-electron chi connectivity index (χ2n) is 11.9. The molecule has 220 valence electrons. The number of likely N-dealkylation sites (tertiary alicyclic amines) is 1. The number of nitrogens with one attached hydrogen (secondary N) is 1. The zero-order chi connectivity index (χ0) is 28.4. The van der Waals surface area contributed by atoms with Gasteiger partial charge in [-0.25, -0.2) is 8.42 Å². The molecular formula is C32H42ClN5O2S. The molecule has 0 aliphatic carbocycles. The third-order valence-corrected chi connectivity index (χ3v) is 10.6. The van der Waals surface area contributed by atoms with E-state index in [0.29, 0.717) is 19.5 Å². The maximum absolute atomic E-state index is 12.5. The Morgan fingerprint density at radius 1 is 0.951 bits per heavy atom. The zero-order valence-electron chi connectivity index (χ0n) is 24.2. The van der Waals surface area contributed by atoms with Crippen molar-refractivity contribution >= 4 is 21.6 Å².